The second-order valence-corrected chi connectivity index (χ2v) is 6.67. The molecule has 5 nitrogen and oxygen atoms in total. The first-order valence-corrected chi connectivity index (χ1v) is 9.66. The average molecular weight is 378 g/mol. The Bertz CT molecular complexity index is 758. The van der Waals surface area contributed by atoms with Crippen LogP contribution in [0.5, 0.6) is 0 Å². The number of hydrogen-bond acceptors (Lipinski definition) is 4. The van der Waals surface area contributed by atoms with E-state index in [1.54, 1.807) is 11.8 Å². The van der Waals surface area contributed by atoms with Gasteiger partial charge in [-0.2, -0.15) is 0 Å². The molecule has 0 N–H and O–H groups in total. The van der Waals surface area contributed by atoms with Crippen molar-refractivity contribution in [2.75, 3.05) is 32.8 Å². The smallest absolute Gasteiger partial charge is 0.330 e. The van der Waals surface area contributed by atoms with Crippen molar-refractivity contribution in [3.8, 4) is 0 Å². The summed E-state index contributed by atoms with van der Waals surface area (Å²) in [6.45, 7) is 4.84. The molecule has 0 aliphatic carbocycles. The fourth-order valence-electron chi connectivity index (χ4n) is 3.52. The molecule has 0 saturated carbocycles. The van der Waals surface area contributed by atoms with Crippen LogP contribution < -0.4 is 0 Å². The van der Waals surface area contributed by atoms with Crippen LogP contribution in [-0.2, 0) is 14.3 Å². The van der Waals surface area contributed by atoms with Crippen molar-refractivity contribution in [3.63, 3.8) is 0 Å². The van der Waals surface area contributed by atoms with E-state index in [0.717, 1.165) is 13.1 Å². The van der Waals surface area contributed by atoms with Gasteiger partial charge in [-0.1, -0.05) is 60.7 Å². The van der Waals surface area contributed by atoms with Crippen LogP contribution in [-0.4, -0.2) is 54.5 Å². The predicted octanol–water partition coefficient (Wildman–Crippen LogP) is 3.04. The van der Waals surface area contributed by atoms with E-state index < -0.39 is 5.97 Å². The second-order valence-electron chi connectivity index (χ2n) is 6.67. The molecule has 1 aliphatic rings. The summed E-state index contributed by atoms with van der Waals surface area (Å²) in [4.78, 5) is 27.9. The molecule has 1 fully saturated rings. The molecule has 0 aromatic heterocycles. The van der Waals surface area contributed by atoms with E-state index in [1.807, 2.05) is 12.1 Å². The highest BCUT2D eigenvalue weighted by Gasteiger charge is 2.27. The molecule has 1 aliphatic heterocycles. The first-order chi connectivity index (χ1) is 13.7. The Balaban J connectivity index is 1.68. The molecular weight excluding hydrogens is 352 g/mol. The topological polar surface area (TPSA) is 49.9 Å². The first-order valence-electron chi connectivity index (χ1n) is 9.66. The van der Waals surface area contributed by atoms with Crippen LogP contribution in [0.2, 0.25) is 0 Å². The van der Waals surface area contributed by atoms with E-state index in [2.05, 4.69) is 53.4 Å². The highest BCUT2D eigenvalue weighted by molar-refractivity contribution is 5.94. The van der Waals surface area contributed by atoms with Crippen LogP contribution in [0.3, 0.4) is 0 Å². The third-order valence-corrected chi connectivity index (χ3v) is 4.87. The highest BCUT2D eigenvalue weighted by atomic mass is 16.5. The molecule has 1 amide bonds. The van der Waals surface area contributed by atoms with Gasteiger partial charge >= 0.3 is 5.97 Å². The summed E-state index contributed by atoms with van der Waals surface area (Å²) in [5, 5.41) is 0. The molecule has 2 aromatic carbocycles. The number of carbonyl (C=O) groups is 2. The quantitative estimate of drug-likeness (QED) is 0.573. The average Bonchev–Trinajstić information content (AvgIpc) is 2.74. The zero-order chi connectivity index (χ0) is 19.8. The van der Waals surface area contributed by atoms with Gasteiger partial charge < -0.3 is 9.64 Å². The van der Waals surface area contributed by atoms with E-state index in [9.17, 15) is 9.59 Å². The monoisotopic (exact) mass is 378 g/mol. The first kappa shape index (κ1) is 19.8. The fraction of sp³-hybridized carbons (Fsp3) is 0.304. The Morgan fingerprint density at radius 3 is 1.93 bits per heavy atom. The normalized spacial score (nSPS) is 15.1. The van der Waals surface area contributed by atoms with Crippen LogP contribution >= 0.6 is 0 Å². The lowest BCUT2D eigenvalue weighted by Gasteiger charge is -2.39. The van der Waals surface area contributed by atoms with Crippen LogP contribution in [0.1, 0.15) is 24.1 Å². The molecule has 5 heteroatoms. The molecule has 0 spiro atoms. The zero-order valence-electron chi connectivity index (χ0n) is 16.2. The lowest BCUT2D eigenvalue weighted by Crippen LogP contribution is -2.49. The van der Waals surface area contributed by atoms with Crippen molar-refractivity contribution in [1.82, 2.24) is 9.80 Å². The maximum Gasteiger partial charge on any atom is 0.330 e. The van der Waals surface area contributed by atoms with Gasteiger partial charge in [0.15, 0.2) is 0 Å². The number of carbonyl (C=O) groups excluding carboxylic acids is 2. The van der Waals surface area contributed by atoms with Crippen LogP contribution in [0.4, 0.5) is 0 Å². The van der Waals surface area contributed by atoms with Gasteiger partial charge in [-0.15, -0.1) is 0 Å². The number of piperazine rings is 1. The number of esters is 1. The molecule has 28 heavy (non-hydrogen) atoms. The summed E-state index contributed by atoms with van der Waals surface area (Å²) < 4.78 is 4.82. The molecule has 3 rings (SSSR count). The summed E-state index contributed by atoms with van der Waals surface area (Å²) in [6, 6.07) is 21.1. The van der Waals surface area contributed by atoms with Crippen molar-refractivity contribution in [1.29, 1.82) is 0 Å². The van der Waals surface area contributed by atoms with Crippen molar-refractivity contribution in [3.05, 3.63) is 83.9 Å². The Labute approximate surface area is 166 Å². The summed E-state index contributed by atoms with van der Waals surface area (Å²) in [7, 11) is 0. The van der Waals surface area contributed by atoms with E-state index >= 15 is 0 Å². The Hall–Kier alpha value is -2.92. The number of amides is 1. The van der Waals surface area contributed by atoms with Gasteiger partial charge in [0, 0.05) is 38.3 Å². The van der Waals surface area contributed by atoms with Crippen LogP contribution in [0.25, 0.3) is 0 Å². The summed E-state index contributed by atoms with van der Waals surface area (Å²) >= 11 is 0. The van der Waals surface area contributed by atoms with Gasteiger partial charge in [-0.3, -0.25) is 9.69 Å². The Morgan fingerprint density at radius 2 is 1.43 bits per heavy atom. The number of hydrogen-bond donors (Lipinski definition) is 0. The van der Waals surface area contributed by atoms with Gasteiger partial charge in [0.2, 0.25) is 5.91 Å². The summed E-state index contributed by atoms with van der Waals surface area (Å²) in [5.74, 6) is -0.633. The maximum absolute atomic E-state index is 12.3. The summed E-state index contributed by atoms with van der Waals surface area (Å²) in [5.41, 5.74) is 2.49. The van der Waals surface area contributed by atoms with Crippen molar-refractivity contribution < 1.29 is 14.3 Å². The minimum atomic E-state index is -0.484. The number of nitrogens with zero attached hydrogens (tertiary/aromatic N) is 2. The fourth-order valence-corrected chi connectivity index (χ4v) is 3.52. The molecule has 0 bridgehead atoms. The van der Waals surface area contributed by atoms with Gasteiger partial charge in [0.1, 0.15) is 0 Å². The standard InChI is InChI=1S/C23H26N2O3/c1-2-28-22(27)14-13-21(26)24-15-17-25(18-16-24)23(19-9-5-3-6-10-19)20-11-7-4-8-12-20/h3-14,23H,2,15-18H2,1H3. The number of rotatable bonds is 6. The van der Waals surface area contributed by atoms with Gasteiger partial charge in [-0.25, -0.2) is 4.79 Å². The zero-order valence-corrected chi connectivity index (χ0v) is 16.2. The highest BCUT2D eigenvalue weighted by Crippen LogP contribution is 2.29. The summed E-state index contributed by atoms with van der Waals surface area (Å²) in [6.07, 6.45) is 2.51. The second kappa shape index (κ2) is 9.85. The molecule has 2 aromatic rings. The number of ether oxygens (including phenoxy) is 1. The predicted molar refractivity (Wildman–Crippen MR) is 109 cm³/mol. The van der Waals surface area contributed by atoms with Crippen molar-refractivity contribution >= 4 is 11.9 Å². The Kier molecular flexibility index (Phi) is 6.98. The molecule has 0 radical (unpaired) electrons. The van der Waals surface area contributed by atoms with Crippen molar-refractivity contribution in [2.24, 2.45) is 0 Å². The van der Waals surface area contributed by atoms with E-state index in [4.69, 9.17) is 4.74 Å². The van der Waals surface area contributed by atoms with Gasteiger partial charge in [-0.05, 0) is 18.1 Å². The SMILES string of the molecule is CCOC(=O)C=CC(=O)N1CCN(C(c2ccccc2)c2ccccc2)CC1. The van der Waals surface area contributed by atoms with Crippen LogP contribution in [0, 0.1) is 0 Å². The molecule has 0 unspecified atom stereocenters. The number of benzene rings is 2. The van der Waals surface area contributed by atoms with E-state index in [1.165, 1.54) is 23.3 Å². The van der Waals surface area contributed by atoms with E-state index in [-0.39, 0.29) is 11.9 Å². The van der Waals surface area contributed by atoms with Crippen LogP contribution in [0.15, 0.2) is 72.8 Å². The van der Waals surface area contributed by atoms with E-state index in [0.29, 0.717) is 19.7 Å². The molecule has 0 atom stereocenters. The maximum atomic E-state index is 12.3. The van der Waals surface area contributed by atoms with Crippen molar-refractivity contribution in [2.45, 2.75) is 13.0 Å². The Morgan fingerprint density at radius 1 is 0.893 bits per heavy atom. The van der Waals surface area contributed by atoms with Gasteiger partial charge in [0.05, 0.1) is 12.6 Å². The largest absolute Gasteiger partial charge is 0.463 e. The molecule has 146 valence electrons. The minimum Gasteiger partial charge on any atom is -0.463 e. The molecule has 1 saturated heterocycles. The minimum absolute atomic E-state index is 0.149. The third-order valence-electron chi connectivity index (χ3n) is 4.87. The van der Waals surface area contributed by atoms with Gasteiger partial charge in [0.25, 0.3) is 0 Å². The lowest BCUT2D eigenvalue weighted by atomic mass is 9.96. The lowest BCUT2D eigenvalue weighted by molar-refractivity contribution is -0.137. The molecule has 1 heterocycles. The molecular formula is C23H26N2O3. The third kappa shape index (κ3) is 5.08.